The maximum absolute atomic E-state index is 11.2. The van der Waals surface area contributed by atoms with Gasteiger partial charge in [-0.25, -0.2) is 4.79 Å². The van der Waals surface area contributed by atoms with Crippen molar-refractivity contribution in [3.05, 3.63) is 22.7 Å². The van der Waals surface area contributed by atoms with Crippen molar-refractivity contribution < 1.29 is 9.53 Å². The number of nitrogens with one attached hydrogen (secondary N) is 1. The van der Waals surface area contributed by atoms with E-state index in [2.05, 4.69) is 21.2 Å². The number of amides is 1. The van der Waals surface area contributed by atoms with Crippen LogP contribution in [0, 0.1) is 0 Å². The molecule has 0 aromatic heterocycles. The molecule has 0 saturated carbocycles. The van der Waals surface area contributed by atoms with Crippen molar-refractivity contribution in [3.8, 4) is 0 Å². The molecule has 1 aromatic carbocycles. The summed E-state index contributed by atoms with van der Waals surface area (Å²) in [6.07, 6.45) is 1.58. The van der Waals surface area contributed by atoms with Crippen LogP contribution in [0.25, 0.3) is 0 Å². The van der Waals surface area contributed by atoms with Crippen LogP contribution < -0.4 is 5.32 Å². The predicted molar refractivity (Wildman–Crippen MR) is 74.2 cm³/mol. The van der Waals surface area contributed by atoms with Crippen LogP contribution in [0.3, 0.4) is 0 Å². The number of rotatable bonds is 4. The molecular formula is C10H12BrNO2S2. The minimum atomic E-state index is -0.426. The minimum Gasteiger partial charge on any atom is -0.450 e. The first-order valence-electron chi connectivity index (χ1n) is 4.61. The highest BCUT2D eigenvalue weighted by Crippen LogP contribution is 2.36. The Morgan fingerprint density at radius 3 is 2.94 bits per heavy atom. The van der Waals surface area contributed by atoms with Crippen molar-refractivity contribution in [1.82, 2.24) is 0 Å². The van der Waals surface area contributed by atoms with E-state index >= 15 is 0 Å². The lowest BCUT2D eigenvalue weighted by atomic mass is 10.3. The van der Waals surface area contributed by atoms with Crippen LogP contribution in [-0.4, -0.2) is 19.0 Å². The number of ether oxygens (including phenoxy) is 1. The Morgan fingerprint density at radius 1 is 1.56 bits per heavy atom. The molecule has 0 aliphatic carbocycles. The Morgan fingerprint density at radius 2 is 2.31 bits per heavy atom. The van der Waals surface area contributed by atoms with E-state index in [0.29, 0.717) is 6.61 Å². The SMILES string of the molecule is CCOC(=O)Nc1ccc(Br)c(SSC)c1. The quantitative estimate of drug-likeness (QED) is 0.835. The maximum Gasteiger partial charge on any atom is 0.411 e. The fourth-order valence-electron chi connectivity index (χ4n) is 1.02. The summed E-state index contributed by atoms with van der Waals surface area (Å²) in [5.41, 5.74) is 0.734. The highest BCUT2D eigenvalue weighted by Gasteiger charge is 2.05. The molecule has 16 heavy (non-hydrogen) atoms. The third-order valence-corrected chi connectivity index (χ3v) is 4.30. The monoisotopic (exact) mass is 321 g/mol. The lowest BCUT2D eigenvalue weighted by Crippen LogP contribution is -2.13. The van der Waals surface area contributed by atoms with E-state index in [1.165, 1.54) is 0 Å². The standard InChI is InChI=1S/C10H12BrNO2S2/c1-3-14-10(13)12-7-4-5-8(11)9(6-7)16-15-2/h4-6H,3H2,1-2H3,(H,12,13). The molecule has 0 saturated heterocycles. The molecule has 0 spiro atoms. The molecule has 6 heteroatoms. The average molecular weight is 322 g/mol. The lowest BCUT2D eigenvalue weighted by molar-refractivity contribution is 0.168. The summed E-state index contributed by atoms with van der Waals surface area (Å²) in [7, 11) is 3.28. The van der Waals surface area contributed by atoms with Crippen molar-refractivity contribution in [3.63, 3.8) is 0 Å². The Kier molecular flexibility index (Phi) is 6.08. The molecule has 0 aliphatic heterocycles. The molecule has 0 fully saturated rings. The van der Waals surface area contributed by atoms with Gasteiger partial charge in [0.15, 0.2) is 0 Å². The third kappa shape index (κ3) is 4.27. The van der Waals surface area contributed by atoms with E-state index in [1.54, 1.807) is 28.5 Å². The van der Waals surface area contributed by atoms with Crippen LogP contribution in [0.1, 0.15) is 6.92 Å². The van der Waals surface area contributed by atoms with Crippen molar-refractivity contribution in [1.29, 1.82) is 0 Å². The summed E-state index contributed by atoms with van der Waals surface area (Å²) in [6.45, 7) is 2.14. The number of hydrogen-bond donors (Lipinski definition) is 1. The highest BCUT2D eigenvalue weighted by atomic mass is 79.9. The van der Waals surface area contributed by atoms with E-state index in [-0.39, 0.29) is 0 Å². The summed E-state index contributed by atoms with van der Waals surface area (Å²) < 4.78 is 5.82. The summed E-state index contributed by atoms with van der Waals surface area (Å²) in [5, 5.41) is 2.66. The lowest BCUT2D eigenvalue weighted by Gasteiger charge is -2.07. The number of carbonyl (C=O) groups excluding carboxylic acids is 1. The Bertz CT molecular complexity index is 374. The molecular weight excluding hydrogens is 310 g/mol. The van der Waals surface area contributed by atoms with Gasteiger partial charge in [-0.1, -0.05) is 21.6 Å². The van der Waals surface area contributed by atoms with Crippen molar-refractivity contribution in [2.45, 2.75) is 11.8 Å². The second-order valence-electron chi connectivity index (χ2n) is 2.74. The fourth-order valence-corrected chi connectivity index (χ4v) is 3.29. The largest absolute Gasteiger partial charge is 0.450 e. The number of carbonyl (C=O) groups is 1. The normalized spacial score (nSPS) is 9.94. The number of hydrogen-bond acceptors (Lipinski definition) is 4. The van der Waals surface area contributed by atoms with Gasteiger partial charge in [0.25, 0.3) is 0 Å². The highest BCUT2D eigenvalue weighted by molar-refractivity contribution is 9.10. The van der Waals surface area contributed by atoms with Gasteiger partial charge in [0.2, 0.25) is 0 Å². The summed E-state index contributed by atoms with van der Waals surface area (Å²) in [5.74, 6) is 0. The molecule has 88 valence electrons. The number of halogens is 1. The molecule has 1 amide bonds. The second kappa shape index (κ2) is 7.09. The Hall–Kier alpha value is -0.330. The smallest absolute Gasteiger partial charge is 0.411 e. The topological polar surface area (TPSA) is 38.3 Å². The average Bonchev–Trinajstić information content (AvgIpc) is 2.24. The van der Waals surface area contributed by atoms with E-state index < -0.39 is 6.09 Å². The molecule has 0 heterocycles. The van der Waals surface area contributed by atoms with Crippen LogP contribution >= 0.6 is 37.5 Å². The van der Waals surface area contributed by atoms with Gasteiger partial charge in [-0.3, -0.25) is 5.32 Å². The summed E-state index contributed by atoms with van der Waals surface area (Å²) >= 11 is 3.45. The zero-order valence-corrected chi connectivity index (χ0v) is 12.2. The molecule has 0 atom stereocenters. The van der Waals surface area contributed by atoms with Crippen LogP contribution in [0.2, 0.25) is 0 Å². The molecule has 0 bridgehead atoms. The van der Waals surface area contributed by atoms with Crippen molar-refractivity contribution >= 4 is 49.3 Å². The molecule has 0 unspecified atom stereocenters. The fraction of sp³-hybridized carbons (Fsp3) is 0.300. The summed E-state index contributed by atoms with van der Waals surface area (Å²) in [4.78, 5) is 12.3. The molecule has 1 N–H and O–H groups in total. The third-order valence-electron chi connectivity index (χ3n) is 1.63. The van der Waals surface area contributed by atoms with Gasteiger partial charge in [-0.05, 0) is 47.3 Å². The molecule has 0 radical (unpaired) electrons. The second-order valence-corrected chi connectivity index (χ2v) is 6.03. The van der Waals surface area contributed by atoms with E-state index in [4.69, 9.17) is 4.74 Å². The molecule has 1 rings (SSSR count). The molecule has 0 aliphatic rings. The zero-order valence-electron chi connectivity index (χ0n) is 8.95. The molecule has 3 nitrogen and oxygen atoms in total. The van der Waals surface area contributed by atoms with Gasteiger partial charge in [0, 0.05) is 15.1 Å². The van der Waals surface area contributed by atoms with Gasteiger partial charge < -0.3 is 4.74 Å². The van der Waals surface area contributed by atoms with Gasteiger partial charge in [0.05, 0.1) is 6.61 Å². The van der Waals surface area contributed by atoms with Gasteiger partial charge in [-0.15, -0.1) is 0 Å². The number of benzene rings is 1. The van der Waals surface area contributed by atoms with Crippen LogP contribution in [0.5, 0.6) is 0 Å². The van der Waals surface area contributed by atoms with Crippen LogP contribution in [0.4, 0.5) is 10.5 Å². The van der Waals surface area contributed by atoms with E-state index in [1.807, 2.05) is 24.5 Å². The first-order valence-corrected chi connectivity index (χ1v) is 7.96. The van der Waals surface area contributed by atoms with Crippen molar-refractivity contribution in [2.24, 2.45) is 0 Å². The Balaban J connectivity index is 2.74. The molecule has 1 aromatic rings. The first-order chi connectivity index (χ1) is 7.67. The van der Waals surface area contributed by atoms with Crippen LogP contribution in [0.15, 0.2) is 27.6 Å². The number of anilines is 1. The van der Waals surface area contributed by atoms with E-state index in [0.717, 1.165) is 15.1 Å². The maximum atomic E-state index is 11.2. The van der Waals surface area contributed by atoms with Gasteiger partial charge in [0.1, 0.15) is 0 Å². The van der Waals surface area contributed by atoms with Gasteiger partial charge in [-0.2, -0.15) is 0 Å². The first kappa shape index (κ1) is 13.7. The van der Waals surface area contributed by atoms with Crippen molar-refractivity contribution in [2.75, 3.05) is 18.2 Å². The Labute approximate surface area is 111 Å². The summed E-state index contributed by atoms with van der Waals surface area (Å²) in [6, 6.07) is 5.63. The van der Waals surface area contributed by atoms with Crippen LogP contribution in [-0.2, 0) is 4.74 Å². The predicted octanol–water partition coefficient (Wildman–Crippen LogP) is 4.39. The minimum absolute atomic E-state index is 0.370. The zero-order chi connectivity index (χ0) is 12.0. The van der Waals surface area contributed by atoms with E-state index in [9.17, 15) is 4.79 Å². The van der Waals surface area contributed by atoms with Gasteiger partial charge >= 0.3 is 6.09 Å².